The molecule has 2 amide bonds. The second-order valence-corrected chi connectivity index (χ2v) is 7.75. The quantitative estimate of drug-likeness (QED) is 0.596. The predicted molar refractivity (Wildman–Crippen MR) is 98.6 cm³/mol. The second kappa shape index (κ2) is 6.97. The van der Waals surface area contributed by atoms with Crippen LogP contribution in [0.4, 0.5) is 18.9 Å². The number of anilines is 1. The first-order valence-corrected chi connectivity index (χ1v) is 8.86. The van der Waals surface area contributed by atoms with Gasteiger partial charge in [0, 0.05) is 10.0 Å². The maximum absolute atomic E-state index is 13.1. The molecule has 0 N–H and O–H groups in total. The van der Waals surface area contributed by atoms with E-state index in [9.17, 15) is 22.8 Å². The molecule has 1 aliphatic heterocycles. The van der Waals surface area contributed by atoms with Crippen LogP contribution in [0, 0.1) is 5.41 Å². The van der Waals surface area contributed by atoms with Crippen LogP contribution in [0.1, 0.15) is 25.3 Å². The molecule has 0 aliphatic carbocycles. The highest BCUT2D eigenvalue weighted by Crippen LogP contribution is 2.46. The lowest BCUT2D eigenvalue weighted by molar-refractivity contribution is -0.274. The Bertz CT molecular complexity index is 922. The number of rotatable bonds is 3. The van der Waals surface area contributed by atoms with Gasteiger partial charge in [-0.25, -0.2) is 4.90 Å². The molecule has 2 aromatic rings. The van der Waals surface area contributed by atoms with E-state index < -0.39 is 35.3 Å². The third kappa shape index (κ3) is 3.82. The molecule has 1 heterocycles. The van der Waals surface area contributed by atoms with Crippen molar-refractivity contribution in [2.75, 3.05) is 4.90 Å². The Hall–Kier alpha value is -2.25. The van der Waals surface area contributed by atoms with Crippen molar-refractivity contribution >= 4 is 40.7 Å². The highest BCUT2D eigenvalue weighted by Gasteiger charge is 2.54. The summed E-state index contributed by atoms with van der Waals surface area (Å²) in [7, 11) is 0. The molecule has 148 valence electrons. The van der Waals surface area contributed by atoms with Crippen molar-refractivity contribution in [3.05, 3.63) is 58.1 Å². The fraction of sp³-hybridized carbons (Fsp3) is 0.263. The van der Waals surface area contributed by atoms with Gasteiger partial charge in [-0.1, -0.05) is 35.3 Å². The Morgan fingerprint density at radius 3 is 2.04 bits per heavy atom. The number of halogens is 5. The van der Waals surface area contributed by atoms with Gasteiger partial charge in [0.15, 0.2) is 0 Å². The number of ether oxygens (including phenoxy) is 1. The Labute approximate surface area is 168 Å². The van der Waals surface area contributed by atoms with E-state index in [-0.39, 0.29) is 15.7 Å². The second-order valence-electron chi connectivity index (χ2n) is 6.88. The molecule has 4 nitrogen and oxygen atoms in total. The Kier molecular flexibility index (Phi) is 5.10. The number of carbonyl (C=O) groups is 2. The average Bonchev–Trinajstić information content (AvgIpc) is 2.71. The zero-order chi connectivity index (χ0) is 20.9. The minimum absolute atomic E-state index is 0.236. The molecule has 1 atom stereocenters. The summed E-state index contributed by atoms with van der Waals surface area (Å²) in [6, 6.07) is 9.26. The van der Waals surface area contributed by atoms with Crippen molar-refractivity contribution in [2.45, 2.75) is 26.1 Å². The molecule has 2 aromatic carbocycles. The van der Waals surface area contributed by atoms with E-state index in [2.05, 4.69) is 4.74 Å². The maximum atomic E-state index is 13.1. The fourth-order valence-corrected chi connectivity index (χ4v) is 3.80. The van der Waals surface area contributed by atoms with Gasteiger partial charge in [-0.2, -0.15) is 0 Å². The summed E-state index contributed by atoms with van der Waals surface area (Å²) in [6.45, 7) is 3.20. The summed E-state index contributed by atoms with van der Waals surface area (Å²) in [5.41, 5.74) is -0.494. The smallest absolute Gasteiger partial charge is 0.406 e. The summed E-state index contributed by atoms with van der Waals surface area (Å²) in [5, 5.41) is 0.524. The highest BCUT2D eigenvalue weighted by molar-refractivity contribution is 6.36. The molecule has 0 bridgehead atoms. The molecular formula is C19H14Cl2F3NO3. The average molecular weight is 432 g/mol. The lowest BCUT2D eigenvalue weighted by Crippen LogP contribution is -2.32. The third-order valence-corrected chi connectivity index (χ3v) is 4.93. The first-order valence-electron chi connectivity index (χ1n) is 8.10. The third-order valence-electron chi connectivity index (χ3n) is 4.50. The summed E-state index contributed by atoms with van der Waals surface area (Å²) in [5.74, 6) is -2.28. The minimum Gasteiger partial charge on any atom is -0.406 e. The van der Waals surface area contributed by atoms with E-state index >= 15 is 0 Å². The van der Waals surface area contributed by atoms with Crippen LogP contribution in [0.15, 0.2) is 42.5 Å². The minimum atomic E-state index is -4.82. The van der Waals surface area contributed by atoms with Crippen molar-refractivity contribution in [2.24, 2.45) is 5.41 Å². The SMILES string of the molecule is CC1(C)C(=O)N(c2cc(Cl)cc(Cl)c2)C(=O)C1c1ccc(OC(F)(F)F)cc1. The van der Waals surface area contributed by atoms with Gasteiger partial charge in [0.2, 0.25) is 11.8 Å². The number of benzene rings is 2. The molecule has 0 radical (unpaired) electrons. The van der Waals surface area contributed by atoms with Crippen molar-refractivity contribution in [3.63, 3.8) is 0 Å². The van der Waals surface area contributed by atoms with E-state index in [1.165, 1.54) is 30.3 Å². The summed E-state index contributed by atoms with van der Waals surface area (Å²) >= 11 is 12.0. The lowest BCUT2D eigenvalue weighted by atomic mass is 9.77. The standard InChI is InChI=1S/C19H14Cl2F3NO3/c1-18(2)15(10-3-5-14(6-4-10)28-19(22,23)24)16(26)25(17(18)27)13-8-11(20)7-12(21)9-13/h3-9,15H,1-2H3. The first-order chi connectivity index (χ1) is 12.9. The number of carbonyl (C=O) groups excluding carboxylic acids is 2. The van der Waals surface area contributed by atoms with Crippen LogP contribution in [0.2, 0.25) is 10.0 Å². The monoisotopic (exact) mass is 431 g/mol. The number of imide groups is 1. The van der Waals surface area contributed by atoms with E-state index in [1.807, 2.05) is 0 Å². The van der Waals surface area contributed by atoms with Crippen molar-refractivity contribution in [1.29, 1.82) is 0 Å². The van der Waals surface area contributed by atoms with Gasteiger partial charge in [-0.3, -0.25) is 9.59 Å². The lowest BCUT2D eigenvalue weighted by Gasteiger charge is -2.22. The Morgan fingerprint density at radius 1 is 1.00 bits per heavy atom. The zero-order valence-electron chi connectivity index (χ0n) is 14.7. The number of hydrogen-bond acceptors (Lipinski definition) is 3. The van der Waals surface area contributed by atoms with E-state index in [0.717, 1.165) is 17.0 Å². The molecule has 1 fully saturated rings. The van der Waals surface area contributed by atoms with Gasteiger partial charge in [0.25, 0.3) is 0 Å². The molecule has 28 heavy (non-hydrogen) atoms. The Balaban J connectivity index is 1.98. The number of hydrogen-bond donors (Lipinski definition) is 0. The van der Waals surface area contributed by atoms with E-state index in [0.29, 0.717) is 5.56 Å². The molecule has 0 spiro atoms. The summed E-state index contributed by atoms with van der Waals surface area (Å²) in [6.07, 6.45) is -4.82. The van der Waals surface area contributed by atoms with Crippen molar-refractivity contribution < 1.29 is 27.5 Å². The van der Waals surface area contributed by atoms with Gasteiger partial charge in [-0.15, -0.1) is 13.2 Å². The van der Waals surface area contributed by atoms with Gasteiger partial charge in [0.1, 0.15) is 5.75 Å². The molecule has 9 heteroatoms. The number of alkyl halides is 3. The molecule has 0 aromatic heterocycles. The molecule has 1 saturated heterocycles. The first kappa shape index (κ1) is 20.5. The van der Waals surface area contributed by atoms with Crippen LogP contribution in [0.3, 0.4) is 0 Å². The predicted octanol–water partition coefficient (Wildman–Crippen LogP) is 5.58. The number of nitrogens with zero attached hydrogens (tertiary/aromatic N) is 1. The van der Waals surface area contributed by atoms with Gasteiger partial charge in [-0.05, 0) is 49.7 Å². The Morgan fingerprint density at radius 2 is 1.54 bits per heavy atom. The summed E-state index contributed by atoms with van der Waals surface area (Å²) in [4.78, 5) is 27.0. The van der Waals surface area contributed by atoms with Crippen LogP contribution in [-0.4, -0.2) is 18.2 Å². The number of amides is 2. The maximum Gasteiger partial charge on any atom is 0.573 e. The topological polar surface area (TPSA) is 46.6 Å². The molecular weight excluding hydrogens is 418 g/mol. The van der Waals surface area contributed by atoms with Crippen LogP contribution in [-0.2, 0) is 9.59 Å². The van der Waals surface area contributed by atoms with E-state index in [4.69, 9.17) is 23.2 Å². The van der Waals surface area contributed by atoms with Crippen molar-refractivity contribution in [1.82, 2.24) is 0 Å². The van der Waals surface area contributed by atoms with Crippen LogP contribution in [0.5, 0.6) is 5.75 Å². The zero-order valence-corrected chi connectivity index (χ0v) is 16.2. The van der Waals surface area contributed by atoms with Gasteiger partial charge in [0.05, 0.1) is 17.0 Å². The van der Waals surface area contributed by atoms with Crippen LogP contribution in [0.25, 0.3) is 0 Å². The van der Waals surface area contributed by atoms with Gasteiger partial charge >= 0.3 is 6.36 Å². The van der Waals surface area contributed by atoms with Crippen LogP contribution < -0.4 is 9.64 Å². The highest BCUT2D eigenvalue weighted by atomic mass is 35.5. The van der Waals surface area contributed by atoms with E-state index in [1.54, 1.807) is 13.8 Å². The molecule has 3 rings (SSSR count). The van der Waals surface area contributed by atoms with Crippen molar-refractivity contribution in [3.8, 4) is 5.75 Å². The summed E-state index contributed by atoms with van der Waals surface area (Å²) < 4.78 is 40.8. The van der Waals surface area contributed by atoms with Crippen LogP contribution >= 0.6 is 23.2 Å². The fourth-order valence-electron chi connectivity index (χ4n) is 3.28. The normalized spacial score (nSPS) is 19.2. The molecule has 1 unspecified atom stereocenters. The largest absolute Gasteiger partial charge is 0.573 e. The van der Waals surface area contributed by atoms with Gasteiger partial charge < -0.3 is 4.74 Å². The molecule has 1 aliphatic rings. The molecule has 0 saturated carbocycles.